The van der Waals surface area contributed by atoms with Crippen molar-refractivity contribution in [3.05, 3.63) is 27.8 Å². The maximum atomic E-state index is 2.43. The van der Waals surface area contributed by atoms with Gasteiger partial charge in [-0.2, -0.15) is 0 Å². The predicted octanol–water partition coefficient (Wildman–Crippen LogP) is 3.14. The molecule has 0 amide bonds. The van der Waals surface area contributed by atoms with E-state index in [1.165, 1.54) is 22.3 Å². The van der Waals surface area contributed by atoms with Crippen molar-refractivity contribution in [1.29, 1.82) is 0 Å². The number of nitrogens with zero attached hydrogens (tertiary/aromatic N) is 1. The van der Waals surface area contributed by atoms with E-state index < -0.39 is 0 Å². The van der Waals surface area contributed by atoms with Crippen LogP contribution >= 0.6 is 22.6 Å². The molecule has 1 heterocycles. The third-order valence-electron chi connectivity index (χ3n) is 2.41. The molecule has 0 bridgehead atoms. The summed E-state index contributed by atoms with van der Waals surface area (Å²) in [5.41, 5.74) is 1.88. The SMILES string of the molecule is CC1(C)CN(c2cccc(I)c2)C1. The van der Waals surface area contributed by atoms with Gasteiger partial charge in [-0.05, 0) is 46.2 Å². The molecule has 0 aromatic heterocycles. The largest absolute Gasteiger partial charge is 0.370 e. The molecule has 2 heteroatoms. The highest BCUT2D eigenvalue weighted by Crippen LogP contribution is 2.33. The lowest BCUT2D eigenvalue weighted by Gasteiger charge is -2.47. The zero-order valence-corrected chi connectivity index (χ0v) is 10.2. The van der Waals surface area contributed by atoms with Crippen LogP contribution in [-0.2, 0) is 0 Å². The maximum Gasteiger partial charge on any atom is 0.0377 e. The van der Waals surface area contributed by atoms with Gasteiger partial charge in [0.05, 0.1) is 0 Å². The molecule has 1 aliphatic rings. The smallest absolute Gasteiger partial charge is 0.0377 e. The average molecular weight is 287 g/mol. The molecule has 1 aliphatic heterocycles. The first-order valence-electron chi connectivity index (χ1n) is 4.57. The van der Waals surface area contributed by atoms with Gasteiger partial charge in [0, 0.05) is 22.3 Å². The summed E-state index contributed by atoms with van der Waals surface area (Å²) in [6.45, 7) is 7.01. The highest BCUT2D eigenvalue weighted by atomic mass is 127. The summed E-state index contributed by atoms with van der Waals surface area (Å²) >= 11 is 2.36. The molecular weight excluding hydrogens is 273 g/mol. The van der Waals surface area contributed by atoms with Crippen LogP contribution in [0.3, 0.4) is 0 Å². The zero-order valence-electron chi connectivity index (χ0n) is 8.05. The Hall–Kier alpha value is -0.250. The van der Waals surface area contributed by atoms with Gasteiger partial charge < -0.3 is 4.90 Å². The molecule has 1 aromatic carbocycles. The first kappa shape index (κ1) is 9.31. The predicted molar refractivity (Wildman–Crippen MR) is 65.2 cm³/mol. The number of hydrogen-bond acceptors (Lipinski definition) is 1. The lowest BCUT2D eigenvalue weighted by molar-refractivity contribution is 0.276. The minimum Gasteiger partial charge on any atom is -0.370 e. The third-order valence-corrected chi connectivity index (χ3v) is 3.08. The van der Waals surface area contributed by atoms with Gasteiger partial charge in [0.2, 0.25) is 0 Å². The highest BCUT2D eigenvalue weighted by Gasteiger charge is 2.33. The van der Waals surface area contributed by atoms with E-state index in [1.54, 1.807) is 0 Å². The van der Waals surface area contributed by atoms with Crippen molar-refractivity contribution in [1.82, 2.24) is 0 Å². The van der Waals surface area contributed by atoms with Gasteiger partial charge in [-0.3, -0.25) is 0 Å². The van der Waals surface area contributed by atoms with E-state index in [2.05, 4.69) is 65.6 Å². The Morgan fingerprint density at radius 1 is 1.31 bits per heavy atom. The molecule has 2 rings (SSSR count). The Balaban J connectivity index is 2.11. The molecule has 0 N–H and O–H groups in total. The minimum absolute atomic E-state index is 0.515. The lowest BCUT2D eigenvalue weighted by Crippen LogP contribution is -2.53. The summed E-state index contributed by atoms with van der Waals surface area (Å²) in [7, 11) is 0. The fourth-order valence-corrected chi connectivity index (χ4v) is 2.37. The number of anilines is 1. The number of hydrogen-bond donors (Lipinski definition) is 0. The fraction of sp³-hybridized carbons (Fsp3) is 0.455. The summed E-state index contributed by atoms with van der Waals surface area (Å²) in [4.78, 5) is 2.43. The topological polar surface area (TPSA) is 3.24 Å². The summed E-state index contributed by atoms with van der Waals surface area (Å²) in [5, 5.41) is 0. The van der Waals surface area contributed by atoms with Gasteiger partial charge in [-0.1, -0.05) is 19.9 Å². The van der Waals surface area contributed by atoms with Crippen molar-refractivity contribution >= 4 is 28.3 Å². The second kappa shape index (κ2) is 3.15. The van der Waals surface area contributed by atoms with E-state index in [4.69, 9.17) is 0 Å². The van der Waals surface area contributed by atoms with Crippen molar-refractivity contribution in [3.63, 3.8) is 0 Å². The van der Waals surface area contributed by atoms with Gasteiger partial charge in [-0.15, -0.1) is 0 Å². The Morgan fingerprint density at radius 2 is 2.00 bits per heavy atom. The zero-order chi connectivity index (χ0) is 9.47. The van der Waals surface area contributed by atoms with Gasteiger partial charge in [0.1, 0.15) is 0 Å². The maximum absolute atomic E-state index is 2.43. The van der Waals surface area contributed by atoms with E-state index in [0.717, 1.165) is 0 Å². The van der Waals surface area contributed by atoms with Crippen molar-refractivity contribution in [2.75, 3.05) is 18.0 Å². The molecule has 0 spiro atoms. The first-order valence-corrected chi connectivity index (χ1v) is 5.65. The lowest BCUT2D eigenvalue weighted by atomic mass is 9.84. The van der Waals surface area contributed by atoms with Crippen LogP contribution < -0.4 is 4.90 Å². The van der Waals surface area contributed by atoms with Crippen LogP contribution in [0.2, 0.25) is 0 Å². The Kier molecular flexibility index (Phi) is 2.26. The standard InChI is InChI=1S/C11H14IN/c1-11(2)7-13(8-11)10-5-3-4-9(12)6-10/h3-6H,7-8H2,1-2H3. The first-order chi connectivity index (χ1) is 6.07. The van der Waals surface area contributed by atoms with Gasteiger partial charge in [0.15, 0.2) is 0 Å². The Morgan fingerprint density at radius 3 is 2.54 bits per heavy atom. The van der Waals surface area contributed by atoms with Crippen LogP contribution in [0.15, 0.2) is 24.3 Å². The second-order valence-corrected chi connectivity index (χ2v) is 5.75. The normalized spacial score (nSPS) is 19.8. The Labute approximate surface area is 93.3 Å². The molecule has 0 radical (unpaired) electrons. The van der Waals surface area contributed by atoms with Crippen LogP contribution in [0.5, 0.6) is 0 Å². The Bertz CT molecular complexity index is 312. The molecule has 1 fully saturated rings. The van der Waals surface area contributed by atoms with E-state index in [0.29, 0.717) is 5.41 Å². The van der Waals surface area contributed by atoms with E-state index in [1.807, 2.05) is 0 Å². The number of benzene rings is 1. The average Bonchev–Trinajstić information content (AvgIpc) is 2.00. The quantitative estimate of drug-likeness (QED) is 0.717. The van der Waals surface area contributed by atoms with Crippen molar-refractivity contribution in [3.8, 4) is 0 Å². The van der Waals surface area contributed by atoms with Crippen LogP contribution in [0.1, 0.15) is 13.8 Å². The minimum atomic E-state index is 0.515. The molecule has 70 valence electrons. The second-order valence-electron chi connectivity index (χ2n) is 4.50. The van der Waals surface area contributed by atoms with Crippen LogP contribution in [-0.4, -0.2) is 13.1 Å². The summed E-state index contributed by atoms with van der Waals surface area (Å²) in [6, 6.07) is 8.70. The van der Waals surface area contributed by atoms with Crippen molar-refractivity contribution in [2.24, 2.45) is 5.41 Å². The molecule has 0 saturated carbocycles. The van der Waals surface area contributed by atoms with E-state index in [-0.39, 0.29) is 0 Å². The summed E-state index contributed by atoms with van der Waals surface area (Å²) < 4.78 is 1.32. The van der Waals surface area contributed by atoms with E-state index in [9.17, 15) is 0 Å². The molecule has 13 heavy (non-hydrogen) atoms. The van der Waals surface area contributed by atoms with Crippen molar-refractivity contribution < 1.29 is 0 Å². The van der Waals surface area contributed by atoms with E-state index >= 15 is 0 Å². The summed E-state index contributed by atoms with van der Waals surface area (Å²) in [5.74, 6) is 0. The molecular formula is C11H14IN. The van der Waals surface area contributed by atoms with Crippen LogP contribution in [0.25, 0.3) is 0 Å². The highest BCUT2D eigenvalue weighted by molar-refractivity contribution is 14.1. The van der Waals surface area contributed by atoms with Gasteiger partial charge >= 0.3 is 0 Å². The molecule has 1 aromatic rings. The van der Waals surface area contributed by atoms with Crippen molar-refractivity contribution in [2.45, 2.75) is 13.8 Å². The monoisotopic (exact) mass is 287 g/mol. The fourth-order valence-electron chi connectivity index (χ4n) is 1.84. The van der Waals surface area contributed by atoms with Crippen LogP contribution in [0.4, 0.5) is 5.69 Å². The molecule has 1 saturated heterocycles. The number of rotatable bonds is 1. The molecule has 0 unspecified atom stereocenters. The molecule has 0 aliphatic carbocycles. The molecule has 1 nitrogen and oxygen atoms in total. The van der Waals surface area contributed by atoms with Gasteiger partial charge in [0.25, 0.3) is 0 Å². The van der Waals surface area contributed by atoms with Crippen LogP contribution in [0, 0.1) is 8.99 Å². The molecule has 0 atom stereocenters. The summed E-state index contributed by atoms with van der Waals surface area (Å²) in [6.07, 6.45) is 0. The van der Waals surface area contributed by atoms with Gasteiger partial charge in [-0.25, -0.2) is 0 Å². The third kappa shape index (κ3) is 1.98. The number of halogens is 1.